The standard InChI is InChI=1S/C27H25ClN4O2/c1-18-15-25(20-5-3-2-4-6-20)31-26-24(17-30-32(18)26)27(33)29-16-19-7-11-22(12-8-19)34-23-13-9-21(28)10-14-23/h2-14,17-18,25,31H,15-16H2,1H3,(H,29,33). The summed E-state index contributed by atoms with van der Waals surface area (Å²) >= 11 is 5.91. The number of amides is 1. The molecule has 1 amide bonds. The number of ether oxygens (including phenoxy) is 1. The van der Waals surface area contributed by atoms with Crippen molar-refractivity contribution in [3.8, 4) is 11.5 Å². The molecule has 4 aromatic rings. The van der Waals surface area contributed by atoms with E-state index in [4.69, 9.17) is 16.3 Å². The van der Waals surface area contributed by atoms with Crippen LogP contribution in [0, 0.1) is 0 Å². The molecule has 0 saturated heterocycles. The number of nitrogens with zero attached hydrogens (tertiary/aromatic N) is 2. The molecular weight excluding hydrogens is 448 g/mol. The average Bonchev–Trinajstić information content (AvgIpc) is 3.30. The van der Waals surface area contributed by atoms with Crippen LogP contribution in [-0.2, 0) is 6.54 Å². The lowest BCUT2D eigenvalue weighted by molar-refractivity contribution is 0.0951. The predicted molar refractivity (Wildman–Crippen MR) is 133 cm³/mol. The van der Waals surface area contributed by atoms with Crippen LogP contribution in [0.2, 0.25) is 5.02 Å². The predicted octanol–water partition coefficient (Wildman–Crippen LogP) is 6.38. The molecule has 1 aliphatic rings. The molecule has 0 fully saturated rings. The van der Waals surface area contributed by atoms with Crippen LogP contribution in [0.1, 0.15) is 46.9 Å². The van der Waals surface area contributed by atoms with Gasteiger partial charge in [-0.1, -0.05) is 54.1 Å². The van der Waals surface area contributed by atoms with Crippen molar-refractivity contribution < 1.29 is 9.53 Å². The topological polar surface area (TPSA) is 68.2 Å². The van der Waals surface area contributed by atoms with Gasteiger partial charge in [0.15, 0.2) is 0 Å². The van der Waals surface area contributed by atoms with Gasteiger partial charge >= 0.3 is 0 Å². The second kappa shape index (κ2) is 9.61. The zero-order chi connectivity index (χ0) is 23.5. The monoisotopic (exact) mass is 472 g/mol. The van der Waals surface area contributed by atoms with Crippen molar-refractivity contribution in [1.82, 2.24) is 15.1 Å². The summed E-state index contributed by atoms with van der Waals surface area (Å²) in [6, 6.07) is 25.5. The fraction of sp³-hybridized carbons (Fsp3) is 0.185. The molecule has 0 radical (unpaired) electrons. The van der Waals surface area contributed by atoms with E-state index >= 15 is 0 Å². The number of carbonyl (C=O) groups is 1. The van der Waals surface area contributed by atoms with Crippen molar-refractivity contribution in [2.75, 3.05) is 5.32 Å². The molecule has 1 aromatic heterocycles. The van der Waals surface area contributed by atoms with Crippen LogP contribution in [0.5, 0.6) is 11.5 Å². The first kappa shape index (κ1) is 22.0. The molecule has 0 saturated carbocycles. The summed E-state index contributed by atoms with van der Waals surface area (Å²) in [7, 11) is 0. The Bertz CT molecular complexity index is 1270. The second-order valence-electron chi connectivity index (χ2n) is 8.43. The van der Waals surface area contributed by atoms with E-state index in [1.165, 1.54) is 5.56 Å². The molecule has 172 valence electrons. The van der Waals surface area contributed by atoms with Crippen molar-refractivity contribution in [1.29, 1.82) is 0 Å². The van der Waals surface area contributed by atoms with Crippen molar-refractivity contribution in [3.63, 3.8) is 0 Å². The van der Waals surface area contributed by atoms with Crippen LogP contribution in [0.3, 0.4) is 0 Å². The zero-order valence-electron chi connectivity index (χ0n) is 18.7. The van der Waals surface area contributed by atoms with E-state index in [1.54, 1.807) is 18.3 Å². The molecule has 1 aliphatic heterocycles. The van der Waals surface area contributed by atoms with Gasteiger partial charge in [-0.2, -0.15) is 5.10 Å². The van der Waals surface area contributed by atoms with Crippen LogP contribution in [-0.4, -0.2) is 15.7 Å². The maximum absolute atomic E-state index is 13.0. The summed E-state index contributed by atoms with van der Waals surface area (Å²) in [5, 5.41) is 11.7. The largest absolute Gasteiger partial charge is 0.457 e. The van der Waals surface area contributed by atoms with Crippen molar-refractivity contribution in [2.45, 2.75) is 32.0 Å². The summed E-state index contributed by atoms with van der Waals surface area (Å²) in [5.74, 6) is 2.04. The molecular formula is C27H25ClN4O2. The lowest BCUT2D eigenvalue weighted by atomic mass is 9.98. The zero-order valence-corrected chi connectivity index (χ0v) is 19.5. The molecule has 0 aliphatic carbocycles. The Kier molecular flexibility index (Phi) is 6.23. The quantitative estimate of drug-likeness (QED) is 0.342. The first-order valence-corrected chi connectivity index (χ1v) is 11.6. The minimum Gasteiger partial charge on any atom is -0.457 e. The number of benzene rings is 3. The molecule has 6 nitrogen and oxygen atoms in total. The van der Waals surface area contributed by atoms with Gasteiger partial charge in [0.05, 0.1) is 18.3 Å². The van der Waals surface area contributed by atoms with Gasteiger partial charge in [0.25, 0.3) is 5.91 Å². The lowest BCUT2D eigenvalue weighted by Gasteiger charge is -2.31. The lowest BCUT2D eigenvalue weighted by Crippen LogP contribution is -2.28. The summed E-state index contributed by atoms with van der Waals surface area (Å²) in [4.78, 5) is 13.0. The van der Waals surface area contributed by atoms with Gasteiger partial charge in [-0.15, -0.1) is 0 Å². The first-order chi connectivity index (χ1) is 16.6. The molecule has 0 spiro atoms. The van der Waals surface area contributed by atoms with Gasteiger partial charge in [-0.25, -0.2) is 4.68 Å². The molecule has 2 unspecified atom stereocenters. The highest BCUT2D eigenvalue weighted by Gasteiger charge is 2.29. The van der Waals surface area contributed by atoms with Gasteiger partial charge in [0.1, 0.15) is 22.9 Å². The third kappa shape index (κ3) is 4.77. The van der Waals surface area contributed by atoms with E-state index in [0.717, 1.165) is 17.8 Å². The Labute approximate surface area is 203 Å². The van der Waals surface area contributed by atoms with E-state index in [1.807, 2.05) is 59.3 Å². The van der Waals surface area contributed by atoms with Crippen LogP contribution in [0.15, 0.2) is 85.1 Å². The van der Waals surface area contributed by atoms with Crippen molar-refractivity contribution in [3.05, 3.63) is 107 Å². The van der Waals surface area contributed by atoms with E-state index < -0.39 is 0 Å². The average molecular weight is 473 g/mol. The van der Waals surface area contributed by atoms with Crippen molar-refractivity contribution >= 4 is 23.3 Å². The number of halogens is 1. The molecule has 5 rings (SSSR count). The maximum Gasteiger partial charge on any atom is 0.256 e. The van der Waals surface area contributed by atoms with Gasteiger partial charge in [-0.05, 0) is 60.9 Å². The van der Waals surface area contributed by atoms with Crippen LogP contribution in [0.25, 0.3) is 0 Å². The summed E-state index contributed by atoms with van der Waals surface area (Å²) in [6.07, 6.45) is 2.55. The Morgan fingerprint density at radius 2 is 1.74 bits per heavy atom. The fourth-order valence-corrected chi connectivity index (χ4v) is 4.29. The third-order valence-electron chi connectivity index (χ3n) is 5.97. The Balaban J connectivity index is 1.23. The van der Waals surface area contributed by atoms with E-state index in [-0.39, 0.29) is 18.0 Å². The number of hydrogen-bond donors (Lipinski definition) is 2. The molecule has 2 heterocycles. The Hall–Kier alpha value is -3.77. The highest BCUT2D eigenvalue weighted by atomic mass is 35.5. The van der Waals surface area contributed by atoms with E-state index in [2.05, 4.69) is 34.8 Å². The molecule has 0 bridgehead atoms. The normalized spacial score (nSPS) is 16.9. The molecule has 34 heavy (non-hydrogen) atoms. The molecule has 7 heteroatoms. The maximum atomic E-state index is 13.0. The molecule has 3 aromatic carbocycles. The smallest absolute Gasteiger partial charge is 0.256 e. The summed E-state index contributed by atoms with van der Waals surface area (Å²) in [6.45, 7) is 2.53. The van der Waals surface area contributed by atoms with E-state index in [9.17, 15) is 4.79 Å². The first-order valence-electron chi connectivity index (χ1n) is 11.3. The minimum absolute atomic E-state index is 0.139. The number of fused-ring (bicyclic) bond motifs is 1. The van der Waals surface area contributed by atoms with E-state index in [0.29, 0.717) is 28.6 Å². The fourth-order valence-electron chi connectivity index (χ4n) is 4.17. The minimum atomic E-state index is -0.156. The second-order valence-corrected chi connectivity index (χ2v) is 8.86. The summed E-state index contributed by atoms with van der Waals surface area (Å²) in [5.41, 5.74) is 2.73. The SMILES string of the molecule is CC1CC(c2ccccc2)Nc2c(C(=O)NCc3ccc(Oc4ccc(Cl)cc4)cc3)cnn21. The molecule has 2 atom stereocenters. The highest BCUT2D eigenvalue weighted by molar-refractivity contribution is 6.30. The Morgan fingerprint density at radius 1 is 1.06 bits per heavy atom. The highest BCUT2D eigenvalue weighted by Crippen LogP contribution is 2.36. The number of rotatable bonds is 6. The van der Waals surface area contributed by atoms with Crippen LogP contribution in [0.4, 0.5) is 5.82 Å². The molecule has 2 N–H and O–H groups in total. The number of aromatic nitrogens is 2. The van der Waals surface area contributed by atoms with Crippen LogP contribution < -0.4 is 15.4 Å². The number of hydrogen-bond acceptors (Lipinski definition) is 4. The number of nitrogens with one attached hydrogen (secondary N) is 2. The van der Waals surface area contributed by atoms with Gasteiger partial charge in [0, 0.05) is 11.6 Å². The Morgan fingerprint density at radius 3 is 2.44 bits per heavy atom. The number of carbonyl (C=O) groups excluding carboxylic acids is 1. The third-order valence-corrected chi connectivity index (χ3v) is 6.23. The van der Waals surface area contributed by atoms with Gasteiger partial charge in [-0.3, -0.25) is 4.79 Å². The van der Waals surface area contributed by atoms with Crippen LogP contribution >= 0.6 is 11.6 Å². The van der Waals surface area contributed by atoms with Gasteiger partial charge < -0.3 is 15.4 Å². The van der Waals surface area contributed by atoms with Gasteiger partial charge in [0.2, 0.25) is 0 Å². The number of anilines is 1. The summed E-state index contributed by atoms with van der Waals surface area (Å²) < 4.78 is 7.73. The van der Waals surface area contributed by atoms with Crippen molar-refractivity contribution in [2.24, 2.45) is 0 Å².